The zero-order valence-electron chi connectivity index (χ0n) is 16.2. The van der Waals surface area contributed by atoms with E-state index in [2.05, 4.69) is 20.8 Å². The number of hydrogen-bond donors (Lipinski definition) is 5. The van der Waals surface area contributed by atoms with E-state index >= 15 is 0 Å². The Morgan fingerprint density at radius 1 is 1.21 bits per heavy atom. The number of carbonyl (C=O) groups excluding carboxylic acids is 1. The first-order valence-corrected chi connectivity index (χ1v) is 9.48. The lowest BCUT2D eigenvalue weighted by Gasteiger charge is -2.25. The fraction of sp³-hybridized carbons (Fsp3) is 0.238. The average molecular weight is 392 g/mol. The lowest BCUT2D eigenvalue weighted by molar-refractivity contribution is 0.102. The molecular formula is C21H24N6O2. The van der Waals surface area contributed by atoms with Gasteiger partial charge in [0.15, 0.2) is 0 Å². The summed E-state index contributed by atoms with van der Waals surface area (Å²) in [6, 6.07) is 13.5. The van der Waals surface area contributed by atoms with Crippen LogP contribution in [0.15, 0.2) is 47.6 Å². The summed E-state index contributed by atoms with van der Waals surface area (Å²) in [6.45, 7) is 0. The molecule has 1 amide bonds. The molecule has 1 atom stereocenters. The Balaban J connectivity index is 1.52. The fourth-order valence-electron chi connectivity index (χ4n) is 3.74. The van der Waals surface area contributed by atoms with E-state index in [0.717, 1.165) is 47.2 Å². The molecule has 8 nitrogen and oxygen atoms in total. The quantitative estimate of drug-likeness (QED) is 0.259. The second-order valence-corrected chi connectivity index (χ2v) is 7.11. The van der Waals surface area contributed by atoms with Crippen LogP contribution in [0.2, 0.25) is 0 Å². The number of nitrogens with zero attached hydrogens (tertiary/aromatic N) is 1. The van der Waals surface area contributed by atoms with E-state index in [-0.39, 0.29) is 17.9 Å². The molecule has 2 aromatic carbocycles. The van der Waals surface area contributed by atoms with Gasteiger partial charge >= 0.3 is 0 Å². The van der Waals surface area contributed by atoms with E-state index in [1.54, 1.807) is 7.11 Å². The summed E-state index contributed by atoms with van der Waals surface area (Å²) in [5.74, 6) is 0.574. The predicted octanol–water partition coefficient (Wildman–Crippen LogP) is 2.58. The smallest absolute Gasteiger partial charge is 0.272 e. The number of nitrogens with one attached hydrogen (secondary N) is 3. The molecule has 0 saturated carbocycles. The second kappa shape index (κ2) is 7.75. The van der Waals surface area contributed by atoms with Gasteiger partial charge in [-0.05, 0) is 66.8 Å². The molecule has 150 valence electrons. The standard InChI is InChI=1S/C21H24N6O2/c1-29-15-6-8-17-13(10-15)11-19(25-17)20(28)24-14-5-7-16-12(9-14)3-2-4-18(16)26-27-21(22)23/h5-11,18,25-26H,2-4H2,1H3,(H,24,28)(H4,22,23,27). The minimum Gasteiger partial charge on any atom is -0.497 e. The number of amides is 1. The molecule has 1 aromatic heterocycles. The van der Waals surface area contributed by atoms with Crippen molar-refractivity contribution in [3.8, 4) is 5.75 Å². The molecule has 7 N–H and O–H groups in total. The van der Waals surface area contributed by atoms with Gasteiger partial charge in [-0.15, -0.1) is 5.10 Å². The molecule has 0 saturated heterocycles. The Morgan fingerprint density at radius 2 is 2.07 bits per heavy atom. The maximum absolute atomic E-state index is 12.7. The Morgan fingerprint density at radius 3 is 2.86 bits per heavy atom. The largest absolute Gasteiger partial charge is 0.497 e. The number of nitrogens with two attached hydrogens (primary N) is 2. The van der Waals surface area contributed by atoms with Crippen LogP contribution in [0.4, 0.5) is 5.69 Å². The number of carbonyl (C=O) groups is 1. The van der Waals surface area contributed by atoms with Crippen molar-refractivity contribution in [2.45, 2.75) is 25.3 Å². The van der Waals surface area contributed by atoms with Crippen molar-refractivity contribution in [3.05, 3.63) is 59.3 Å². The molecule has 0 aliphatic heterocycles. The first-order valence-electron chi connectivity index (χ1n) is 9.48. The highest BCUT2D eigenvalue weighted by molar-refractivity contribution is 6.06. The number of aromatic nitrogens is 1. The minimum atomic E-state index is -0.189. The molecule has 0 bridgehead atoms. The summed E-state index contributed by atoms with van der Waals surface area (Å²) < 4.78 is 5.24. The summed E-state index contributed by atoms with van der Waals surface area (Å²) in [4.78, 5) is 15.9. The van der Waals surface area contributed by atoms with E-state index < -0.39 is 0 Å². The van der Waals surface area contributed by atoms with E-state index in [0.29, 0.717) is 5.69 Å². The van der Waals surface area contributed by atoms with Crippen molar-refractivity contribution in [3.63, 3.8) is 0 Å². The lowest BCUT2D eigenvalue weighted by Crippen LogP contribution is -2.29. The number of benzene rings is 2. The van der Waals surface area contributed by atoms with Crippen LogP contribution >= 0.6 is 0 Å². The molecule has 1 aliphatic rings. The van der Waals surface area contributed by atoms with Crippen LogP contribution in [-0.4, -0.2) is 24.0 Å². The predicted molar refractivity (Wildman–Crippen MR) is 114 cm³/mol. The highest BCUT2D eigenvalue weighted by atomic mass is 16.5. The van der Waals surface area contributed by atoms with E-state index in [1.807, 2.05) is 42.5 Å². The number of hydrazone groups is 1. The summed E-state index contributed by atoms with van der Waals surface area (Å²) in [6.07, 6.45) is 2.92. The monoisotopic (exact) mass is 392 g/mol. The molecule has 1 aliphatic carbocycles. The van der Waals surface area contributed by atoms with E-state index in [9.17, 15) is 4.79 Å². The van der Waals surface area contributed by atoms with Crippen LogP contribution < -0.4 is 26.9 Å². The van der Waals surface area contributed by atoms with Gasteiger partial charge in [-0.25, -0.2) is 0 Å². The Hall–Kier alpha value is -3.68. The number of fused-ring (bicyclic) bond motifs is 2. The molecule has 1 heterocycles. The number of hydrogen-bond acceptors (Lipinski definition) is 4. The zero-order chi connectivity index (χ0) is 20.4. The minimum absolute atomic E-state index is 0.0111. The molecule has 4 rings (SSSR count). The van der Waals surface area contributed by atoms with Gasteiger partial charge in [0.25, 0.3) is 5.91 Å². The third-order valence-electron chi connectivity index (χ3n) is 5.14. The Labute approximate surface area is 168 Å². The second-order valence-electron chi connectivity index (χ2n) is 7.11. The van der Waals surface area contributed by atoms with Crippen LogP contribution in [-0.2, 0) is 6.42 Å². The number of H-pyrrole nitrogens is 1. The lowest BCUT2D eigenvalue weighted by atomic mass is 9.87. The van der Waals surface area contributed by atoms with E-state index in [1.165, 1.54) is 5.56 Å². The van der Waals surface area contributed by atoms with Gasteiger partial charge in [0.05, 0.1) is 13.2 Å². The van der Waals surface area contributed by atoms with Gasteiger partial charge in [0.2, 0.25) is 5.96 Å². The Kier molecular flexibility index (Phi) is 4.99. The van der Waals surface area contributed by atoms with Crippen LogP contribution in [0, 0.1) is 0 Å². The third kappa shape index (κ3) is 3.96. The third-order valence-corrected chi connectivity index (χ3v) is 5.14. The summed E-state index contributed by atoms with van der Waals surface area (Å²) in [5, 5.41) is 7.83. The Bertz CT molecular complexity index is 1080. The van der Waals surface area contributed by atoms with E-state index in [4.69, 9.17) is 16.2 Å². The summed E-state index contributed by atoms with van der Waals surface area (Å²) in [5.41, 5.74) is 18.3. The average Bonchev–Trinajstić information content (AvgIpc) is 3.15. The van der Waals surface area contributed by atoms with Crippen molar-refractivity contribution in [1.82, 2.24) is 10.4 Å². The van der Waals surface area contributed by atoms with Gasteiger partial charge in [0, 0.05) is 16.6 Å². The number of aromatic amines is 1. The molecule has 0 radical (unpaired) electrons. The van der Waals surface area contributed by atoms with Crippen molar-refractivity contribution < 1.29 is 9.53 Å². The first kappa shape index (κ1) is 18.7. The first-order chi connectivity index (χ1) is 14.0. The fourth-order valence-corrected chi connectivity index (χ4v) is 3.74. The van der Waals surface area contributed by atoms with Gasteiger partial charge in [0.1, 0.15) is 11.4 Å². The van der Waals surface area contributed by atoms with Gasteiger partial charge in [-0.3, -0.25) is 10.2 Å². The van der Waals surface area contributed by atoms with Crippen LogP contribution in [0.5, 0.6) is 5.75 Å². The molecule has 3 aromatic rings. The molecular weight excluding hydrogens is 368 g/mol. The van der Waals surface area contributed by atoms with Gasteiger partial charge in [-0.2, -0.15) is 0 Å². The number of anilines is 1. The van der Waals surface area contributed by atoms with Crippen molar-refractivity contribution in [1.29, 1.82) is 0 Å². The van der Waals surface area contributed by atoms with Gasteiger partial charge in [-0.1, -0.05) is 6.07 Å². The highest BCUT2D eigenvalue weighted by Gasteiger charge is 2.20. The number of guanidine groups is 1. The van der Waals surface area contributed by atoms with Gasteiger partial charge < -0.3 is 26.5 Å². The molecule has 0 fully saturated rings. The summed E-state index contributed by atoms with van der Waals surface area (Å²) in [7, 11) is 1.62. The number of rotatable bonds is 5. The molecule has 0 spiro atoms. The molecule has 1 unspecified atom stereocenters. The topological polar surface area (TPSA) is 131 Å². The number of ether oxygens (including phenoxy) is 1. The zero-order valence-corrected chi connectivity index (χ0v) is 16.2. The van der Waals surface area contributed by atoms with Crippen LogP contribution in [0.1, 0.15) is 40.5 Å². The number of methoxy groups -OCH3 is 1. The highest BCUT2D eigenvalue weighted by Crippen LogP contribution is 2.32. The van der Waals surface area contributed by atoms with Crippen molar-refractivity contribution >= 4 is 28.5 Å². The summed E-state index contributed by atoms with van der Waals surface area (Å²) >= 11 is 0. The maximum Gasteiger partial charge on any atom is 0.272 e. The normalized spacial score (nSPS) is 15.4. The maximum atomic E-state index is 12.7. The van der Waals surface area contributed by atoms with Crippen LogP contribution in [0.3, 0.4) is 0 Å². The van der Waals surface area contributed by atoms with Crippen molar-refractivity contribution in [2.24, 2.45) is 16.6 Å². The molecule has 29 heavy (non-hydrogen) atoms. The van der Waals surface area contributed by atoms with Crippen molar-refractivity contribution in [2.75, 3.05) is 12.4 Å². The van der Waals surface area contributed by atoms with Crippen LogP contribution in [0.25, 0.3) is 10.9 Å². The SMILES string of the molecule is COc1ccc2[nH]c(C(=O)Nc3ccc4c(c3)CCCC4NN=C(N)N)cc2c1. The molecule has 8 heteroatoms. The number of aryl methyl sites for hydroxylation is 1.